The molecule has 0 aromatic heterocycles. The molecule has 1 unspecified atom stereocenters. The smallest absolute Gasteiger partial charge is 0.251 e. The van der Waals surface area contributed by atoms with E-state index in [1.54, 1.807) is 24.3 Å². The Kier molecular flexibility index (Phi) is 4.09. The zero-order valence-corrected chi connectivity index (χ0v) is 11.6. The lowest BCUT2D eigenvalue weighted by atomic mass is 10.2. The Hall–Kier alpha value is -1.56. The minimum atomic E-state index is -2.98. The van der Waals surface area contributed by atoms with Crippen molar-refractivity contribution in [3.05, 3.63) is 29.8 Å². The molecule has 0 spiro atoms. The van der Waals surface area contributed by atoms with Gasteiger partial charge in [0.05, 0.1) is 18.1 Å². The average molecular weight is 283 g/mol. The van der Waals surface area contributed by atoms with Crippen molar-refractivity contribution in [2.45, 2.75) is 19.4 Å². The molecule has 1 aromatic carbocycles. The molecule has 1 aliphatic rings. The summed E-state index contributed by atoms with van der Waals surface area (Å²) >= 11 is 0. The van der Waals surface area contributed by atoms with Gasteiger partial charge in [-0.3, -0.25) is 4.79 Å². The Morgan fingerprint density at radius 1 is 1.47 bits per heavy atom. The molecule has 104 valence electrons. The predicted molar refractivity (Wildman–Crippen MR) is 72.1 cm³/mol. The van der Waals surface area contributed by atoms with E-state index in [2.05, 4.69) is 5.32 Å². The third kappa shape index (κ3) is 3.70. The van der Waals surface area contributed by atoms with Crippen LogP contribution >= 0.6 is 0 Å². The minimum absolute atomic E-state index is 0.0316. The number of rotatable bonds is 4. The van der Waals surface area contributed by atoms with E-state index in [0.29, 0.717) is 24.3 Å². The van der Waals surface area contributed by atoms with Crippen molar-refractivity contribution in [3.63, 3.8) is 0 Å². The maximum Gasteiger partial charge on any atom is 0.251 e. The fraction of sp³-hybridized carbons (Fsp3) is 0.462. The van der Waals surface area contributed by atoms with E-state index in [4.69, 9.17) is 4.74 Å². The molecule has 1 aromatic rings. The van der Waals surface area contributed by atoms with Gasteiger partial charge in [0, 0.05) is 11.6 Å². The second-order valence-electron chi connectivity index (χ2n) is 4.53. The molecule has 5 nitrogen and oxygen atoms in total. The predicted octanol–water partition coefficient (Wildman–Crippen LogP) is 1.00. The number of hydrogen-bond donors (Lipinski definition) is 1. The fourth-order valence-corrected chi connectivity index (χ4v) is 3.74. The molecule has 0 aliphatic carbocycles. The number of sulfone groups is 1. The van der Waals surface area contributed by atoms with Crippen LogP contribution in [0.5, 0.6) is 5.75 Å². The summed E-state index contributed by atoms with van der Waals surface area (Å²) in [6.45, 7) is 2.40. The van der Waals surface area contributed by atoms with Crippen LogP contribution in [0.4, 0.5) is 0 Å². The van der Waals surface area contributed by atoms with E-state index in [0.717, 1.165) is 0 Å². The standard InChI is InChI=1S/C13H17NO4S/c1-2-18-12-5-3-4-10(8-12)13(15)14-11-6-7-19(16,17)9-11/h3-5,8,11H,2,6-7,9H2,1H3,(H,14,15). The van der Waals surface area contributed by atoms with Crippen molar-refractivity contribution in [1.29, 1.82) is 0 Å². The largest absolute Gasteiger partial charge is 0.494 e. The maximum absolute atomic E-state index is 12.0. The van der Waals surface area contributed by atoms with Crippen LogP contribution in [0, 0.1) is 0 Å². The Labute approximate surface area is 112 Å². The van der Waals surface area contributed by atoms with Crippen LogP contribution < -0.4 is 10.1 Å². The molecule has 0 radical (unpaired) electrons. The molecule has 1 saturated heterocycles. The van der Waals surface area contributed by atoms with Gasteiger partial charge in [-0.25, -0.2) is 8.42 Å². The van der Waals surface area contributed by atoms with Gasteiger partial charge in [-0.05, 0) is 31.5 Å². The van der Waals surface area contributed by atoms with E-state index in [-0.39, 0.29) is 23.5 Å². The van der Waals surface area contributed by atoms with Crippen molar-refractivity contribution < 1.29 is 17.9 Å². The molecule has 0 bridgehead atoms. The van der Waals surface area contributed by atoms with E-state index in [9.17, 15) is 13.2 Å². The van der Waals surface area contributed by atoms with Gasteiger partial charge in [-0.1, -0.05) is 6.07 Å². The Bertz CT molecular complexity index is 568. The number of carbonyl (C=O) groups excluding carboxylic acids is 1. The van der Waals surface area contributed by atoms with E-state index in [1.165, 1.54) is 0 Å². The van der Waals surface area contributed by atoms with Gasteiger partial charge in [0.1, 0.15) is 5.75 Å². The number of amides is 1. The summed E-state index contributed by atoms with van der Waals surface area (Å²) in [5.74, 6) is 0.554. The first-order valence-electron chi connectivity index (χ1n) is 6.24. The van der Waals surface area contributed by atoms with Gasteiger partial charge >= 0.3 is 0 Å². The molecule has 1 aliphatic heterocycles. The van der Waals surface area contributed by atoms with E-state index < -0.39 is 9.84 Å². The summed E-state index contributed by atoms with van der Waals surface area (Å²) in [5, 5.41) is 2.75. The third-order valence-corrected chi connectivity index (χ3v) is 4.74. The highest BCUT2D eigenvalue weighted by atomic mass is 32.2. The zero-order chi connectivity index (χ0) is 13.9. The first kappa shape index (κ1) is 13.9. The lowest BCUT2D eigenvalue weighted by Crippen LogP contribution is -2.35. The van der Waals surface area contributed by atoms with E-state index >= 15 is 0 Å². The van der Waals surface area contributed by atoms with Crippen molar-refractivity contribution in [1.82, 2.24) is 5.32 Å². The summed E-state index contributed by atoms with van der Waals surface area (Å²) in [5.41, 5.74) is 0.482. The van der Waals surface area contributed by atoms with Crippen LogP contribution in [0.15, 0.2) is 24.3 Å². The van der Waals surface area contributed by atoms with Crippen LogP contribution in [0.1, 0.15) is 23.7 Å². The molecule has 1 atom stereocenters. The zero-order valence-electron chi connectivity index (χ0n) is 10.8. The van der Waals surface area contributed by atoms with Crippen molar-refractivity contribution in [2.75, 3.05) is 18.1 Å². The molecule has 19 heavy (non-hydrogen) atoms. The molecule has 1 N–H and O–H groups in total. The summed E-state index contributed by atoms with van der Waals surface area (Å²) in [7, 11) is -2.98. The number of nitrogens with one attached hydrogen (secondary N) is 1. The van der Waals surface area contributed by atoms with E-state index in [1.807, 2.05) is 6.92 Å². The molecule has 0 saturated carbocycles. The number of carbonyl (C=O) groups is 1. The van der Waals surface area contributed by atoms with Crippen LogP contribution in [0.25, 0.3) is 0 Å². The number of hydrogen-bond acceptors (Lipinski definition) is 4. The van der Waals surface area contributed by atoms with Crippen molar-refractivity contribution >= 4 is 15.7 Å². The van der Waals surface area contributed by atoms with Gasteiger partial charge in [0.2, 0.25) is 0 Å². The molecule has 6 heteroatoms. The van der Waals surface area contributed by atoms with Crippen LogP contribution in [-0.4, -0.2) is 38.5 Å². The van der Waals surface area contributed by atoms with Gasteiger partial charge in [0.25, 0.3) is 5.91 Å². The minimum Gasteiger partial charge on any atom is -0.494 e. The monoisotopic (exact) mass is 283 g/mol. The highest BCUT2D eigenvalue weighted by Gasteiger charge is 2.29. The van der Waals surface area contributed by atoms with Crippen LogP contribution in [0.3, 0.4) is 0 Å². The van der Waals surface area contributed by atoms with Gasteiger partial charge < -0.3 is 10.1 Å². The fourth-order valence-electron chi connectivity index (χ4n) is 2.07. The number of ether oxygens (including phenoxy) is 1. The first-order valence-corrected chi connectivity index (χ1v) is 8.06. The third-order valence-electron chi connectivity index (χ3n) is 2.97. The van der Waals surface area contributed by atoms with Gasteiger partial charge in [-0.15, -0.1) is 0 Å². The molecular weight excluding hydrogens is 266 g/mol. The first-order chi connectivity index (χ1) is 9.00. The summed E-state index contributed by atoms with van der Waals surface area (Å²) in [6.07, 6.45) is 0.485. The summed E-state index contributed by atoms with van der Waals surface area (Å²) in [6, 6.07) is 6.57. The lowest BCUT2D eigenvalue weighted by Gasteiger charge is -2.11. The topological polar surface area (TPSA) is 72.5 Å². The highest BCUT2D eigenvalue weighted by Crippen LogP contribution is 2.15. The Morgan fingerprint density at radius 2 is 2.26 bits per heavy atom. The Balaban J connectivity index is 2.02. The van der Waals surface area contributed by atoms with Crippen molar-refractivity contribution in [3.8, 4) is 5.75 Å². The molecule has 1 amide bonds. The summed E-state index contributed by atoms with van der Waals surface area (Å²) < 4.78 is 28.0. The van der Waals surface area contributed by atoms with Crippen LogP contribution in [-0.2, 0) is 9.84 Å². The maximum atomic E-state index is 12.0. The number of benzene rings is 1. The van der Waals surface area contributed by atoms with Gasteiger partial charge in [-0.2, -0.15) is 0 Å². The second-order valence-corrected chi connectivity index (χ2v) is 6.76. The molecule has 1 heterocycles. The SMILES string of the molecule is CCOc1cccc(C(=O)NC2CCS(=O)(=O)C2)c1. The molecule has 2 rings (SSSR count). The van der Waals surface area contributed by atoms with Crippen molar-refractivity contribution in [2.24, 2.45) is 0 Å². The van der Waals surface area contributed by atoms with Gasteiger partial charge in [0.15, 0.2) is 9.84 Å². The quantitative estimate of drug-likeness (QED) is 0.895. The Morgan fingerprint density at radius 3 is 2.89 bits per heavy atom. The summed E-state index contributed by atoms with van der Waals surface area (Å²) in [4.78, 5) is 12.0. The van der Waals surface area contributed by atoms with Crippen LogP contribution in [0.2, 0.25) is 0 Å². The normalized spacial score (nSPS) is 21.0. The lowest BCUT2D eigenvalue weighted by molar-refractivity contribution is 0.0940. The average Bonchev–Trinajstić information content (AvgIpc) is 2.69. The molecular formula is C13H17NO4S. The second kappa shape index (κ2) is 5.61. The highest BCUT2D eigenvalue weighted by molar-refractivity contribution is 7.91. The molecule has 1 fully saturated rings.